The van der Waals surface area contributed by atoms with Gasteiger partial charge in [-0.2, -0.15) is 0 Å². The number of amides is 1. The van der Waals surface area contributed by atoms with E-state index in [0.717, 1.165) is 59.6 Å². The van der Waals surface area contributed by atoms with E-state index in [1.807, 2.05) is 38.1 Å². The third-order valence-electron chi connectivity index (χ3n) is 4.61. The number of benzene rings is 2. The first-order valence-corrected chi connectivity index (χ1v) is 11.4. The van der Waals surface area contributed by atoms with E-state index in [4.69, 9.17) is 37.0 Å². The lowest BCUT2D eigenvalue weighted by atomic mass is 9.94. The minimum absolute atomic E-state index is 0.437. The molecule has 0 radical (unpaired) electrons. The Morgan fingerprint density at radius 3 is 2.77 bits per heavy atom. The second kappa shape index (κ2) is 11.0. The minimum Gasteiger partial charge on any atom is -0.494 e. The summed E-state index contributed by atoms with van der Waals surface area (Å²) in [6, 6.07) is 10.9. The molecule has 166 valence electrons. The number of hydrogen-bond donors (Lipinski definition) is 1. The Bertz CT molecular complexity index is 953. The predicted octanol–water partition coefficient (Wildman–Crippen LogP) is 7.44. The molecule has 1 heterocycles. The highest BCUT2D eigenvalue weighted by Crippen LogP contribution is 2.37. The topological polar surface area (TPSA) is 69.2 Å². The predicted molar refractivity (Wildman–Crippen MR) is 125 cm³/mol. The molecule has 0 fully saturated rings. The lowest BCUT2D eigenvalue weighted by Gasteiger charge is -2.32. The lowest BCUT2D eigenvalue weighted by Crippen LogP contribution is -2.34. The summed E-state index contributed by atoms with van der Waals surface area (Å²) in [5.74, 6) is 0.765. The standard InChI is InChI=1S/C22H24Cl2N2O4S/c1-22(2)17-13-15(7-10-20(17)26-21(27)29-22)28-12-6-4-3-5-11-25-30-31-16-8-9-18(23)19(24)14-16/h7-11,13-14H,3-6,12H2,1-2H3,(H,26,27). The Morgan fingerprint density at radius 1 is 1.13 bits per heavy atom. The normalized spacial score (nSPS) is 14.6. The van der Waals surface area contributed by atoms with E-state index in [2.05, 4.69) is 10.5 Å². The molecule has 2 aromatic rings. The SMILES string of the molecule is CC1(C)OC(=O)Nc2ccc(OCCCCCC=NOSc3ccc(Cl)c(Cl)c3)cc21. The summed E-state index contributed by atoms with van der Waals surface area (Å²) in [7, 11) is 0. The third-order valence-corrected chi connectivity index (χ3v) is 5.96. The van der Waals surface area contributed by atoms with E-state index in [1.54, 1.807) is 18.3 Å². The van der Waals surface area contributed by atoms with Crippen molar-refractivity contribution in [1.82, 2.24) is 0 Å². The maximum Gasteiger partial charge on any atom is 0.412 e. The smallest absolute Gasteiger partial charge is 0.412 e. The van der Waals surface area contributed by atoms with E-state index in [1.165, 1.54) is 0 Å². The minimum atomic E-state index is -0.684. The molecule has 3 rings (SSSR count). The molecular weight excluding hydrogens is 459 g/mol. The van der Waals surface area contributed by atoms with Crippen molar-refractivity contribution in [3.8, 4) is 5.75 Å². The largest absolute Gasteiger partial charge is 0.494 e. The Kier molecular flexibility index (Phi) is 8.35. The van der Waals surface area contributed by atoms with Crippen LogP contribution in [0.3, 0.4) is 0 Å². The van der Waals surface area contributed by atoms with Gasteiger partial charge in [-0.1, -0.05) is 28.4 Å². The molecule has 0 saturated heterocycles. The summed E-state index contributed by atoms with van der Waals surface area (Å²) in [4.78, 5) is 12.4. The molecule has 31 heavy (non-hydrogen) atoms. The van der Waals surface area contributed by atoms with Gasteiger partial charge in [-0.15, -0.1) is 0 Å². The molecule has 0 unspecified atom stereocenters. The monoisotopic (exact) mass is 482 g/mol. The van der Waals surface area contributed by atoms with Crippen LogP contribution < -0.4 is 10.1 Å². The van der Waals surface area contributed by atoms with Crippen LogP contribution in [0.5, 0.6) is 5.75 Å². The number of cyclic esters (lactones) is 1. The Labute approximate surface area is 196 Å². The summed E-state index contributed by atoms with van der Waals surface area (Å²) in [5.41, 5.74) is 0.975. The zero-order chi connectivity index (χ0) is 22.3. The van der Waals surface area contributed by atoms with Crippen LogP contribution in [0.1, 0.15) is 45.1 Å². The maximum atomic E-state index is 11.6. The fourth-order valence-electron chi connectivity index (χ4n) is 3.02. The van der Waals surface area contributed by atoms with Crippen LogP contribution in [-0.4, -0.2) is 18.9 Å². The zero-order valence-electron chi connectivity index (χ0n) is 17.3. The van der Waals surface area contributed by atoms with Crippen molar-refractivity contribution >= 4 is 53.2 Å². The Balaban J connectivity index is 1.30. The number of oxime groups is 1. The highest BCUT2D eigenvalue weighted by atomic mass is 35.5. The molecule has 0 saturated carbocycles. The van der Waals surface area contributed by atoms with Gasteiger partial charge in [0.2, 0.25) is 0 Å². The molecule has 0 spiro atoms. The second-order valence-electron chi connectivity index (χ2n) is 7.45. The Morgan fingerprint density at radius 2 is 1.97 bits per heavy atom. The molecule has 6 nitrogen and oxygen atoms in total. The van der Waals surface area contributed by atoms with Crippen LogP contribution in [0.2, 0.25) is 10.0 Å². The van der Waals surface area contributed by atoms with Crippen molar-refractivity contribution < 1.29 is 18.6 Å². The van der Waals surface area contributed by atoms with Gasteiger partial charge in [0.05, 0.1) is 27.2 Å². The van der Waals surface area contributed by atoms with E-state index >= 15 is 0 Å². The molecule has 0 aromatic heterocycles. The number of hydrogen-bond acceptors (Lipinski definition) is 6. The molecule has 1 N–H and O–H groups in total. The van der Waals surface area contributed by atoms with E-state index in [0.29, 0.717) is 16.7 Å². The first-order valence-electron chi connectivity index (χ1n) is 9.93. The number of carbonyl (C=O) groups is 1. The Hall–Kier alpha value is -2.09. The number of fused-ring (bicyclic) bond motifs is 1. The van der Waals surface area contributed by atoms with Crippen LogP contribution in [0.25, 0.3) is 0 Å². The molecular formula is C22H24Cl2N2O4S. The summed E-state index contributed by atoms with van der Waals surface area (Å²) < 4.78 is 16.4. The number of anilines is 1. The molecule has 1 amide bonds. The highest BCUT2D eigenvalue weighted by Gasteiger charge is 2.33. The van der Waals surface area contributed by atoms with Gasteiger partial charge in [0.25, 0.3) is 0 Å². The van der Waals surface area contributed by atoms with Crippen molar-refractivity contribution in [2.45, 2.75) is 50.0 Å². The summed E-state index contributed by atoms with van der Waals surface area (Å²) in [6.45, 7) is 4.35. The molecule has 1 aliphatic heterocycles. The van der Waals surface area contributed by atoms with Gasteiger partial charge in [-0.05, 0) is 75.9 Å². The zero-order valence-corrected chi connectivity index (χ0v) is 19.6. The average molecular weight is 483 g/mol. The molecule has 1 aliphatic rings. The molecule has 0 atom stereocenters. The van der Waals surface area contributed by atoms with Crippen LogP contribution in [0, 0.1) is 0 Å². The van der Waals surface area contributed by atoms with Crippen molar-refractivity contribution in [2.24, 2.45) is 5.16 Å². The first-order chi connectivity index (χ1) is 14.8. The molecule has 0 aliphatic carbocycles. The van der Waals surface area contributed by atoms with Crippen LogP contribution in [-0.2, 0) is 14.6 Å². The van der Waals surface area contributed by atoms with Crippen molar-refractivity contribution in [3.63, 3.8) is 0 Å². The van der Waals surface area contributed by atoms with E-state index < -0.39 is 11.7 Å². The van der Waals surface area contributed by atoms with Gasteiger partial charge < -0.3 is 13.8 Å². The third kappa shape index (κ3) is 6.95. The number of halogens is 2. The van der Waals surface area contributed by atoms with E-state index in [9.17, 15) is 4.79 Å². The van der Waals surface area contributed by atoms with Crippen LogP contribution in [0.15, 0.2) is 46.4 Å². The first kappa shape index (κ1) is 23.6. The molecule has 0 bridgehead atoms. The fraction of sp³-hybridized carbons (Fsp3) is 0.364. The second-order valence-corrected chi connectivity index (χ2v) is 9.05. The summed E-state index contributed by atoms with van der Waals surface area (Å²) in [6.07, 6.45) is 5.08. The molecule has 9 heteroatoms. The van der Waals surface area contributed by atoms with Gasteiger partial charge in [0.1, 0.15) is 23.4 Å². The number of ether oxygens (including phenoxy) is 2. The highest BCUT2D eigenvalue weighted by molar-refractivity contribution is 7.94. The van der Waals surface area contributed by atoms with Gasteiger partial charge in [0.15, 0.2) is 0 Å². The number of nitrogens with zero attached hydrogens (tertiary/aromatic N) is 1. The summed E-state index contributed by atoms with van der Waals surface area (Å²) in [5, 5.41) is 7.64. The van der Waals surface area contributed by atoms with Crippen molar-refractivity contribution in [3.05, 3.63) is 52.0 Å². The van der Waals surface area contributed by atoms with Gasteiger partial charge in [0, 0.05) is 11.8 Å². The van der Waals surface area contributed by atoms with Crippen LogP contribution >= 0.6 is 35.2 Å². The van der Waals surface area contributed by atoms with Gasteiger partial charge >= 0.3 is 6.09 Å². The van der Waals surface area contributed by atoms with Crippen molar-refractivity contribution in [2.75, 3.05) is 11.9 Å². The lowest BCUT2D eigenvalue weighted by molar-refractivity contribution is 0.0418. The number of rotatable bonds is 10. The molecule has 2 aromatic carbocycles. The van der Waals surface area contributed by atoms with Crippen molar-refractivity contribution in [1.29, 1.82) is 0 Å². The van der Waals surface area contributed by atoms with E-state index in [-0.39, 0.29) is 0 Å². The average Bonchev–Trinajstić information content (AvgIpc) is 2.71. The number of unbranched alkanes of at least 4 members (excludes halogenated alkanes) is 3. The fourth-order valence-corrected chi connectivity index (χ4v) is 3.87. The number of nitrogens with one attached hydrogen (secondary N) is 1. The number of carbonyl (C=O) groups excluding carboxylic acids is 1. The quantitative estimate of drug-likeness (QED) is 0.165. The van der Waals surface area contributed by atoms with Crippen LogP contribution in [0.4, 0.5) is 10.5 Å². The van der Waals surface area contributed by atoms with Gasteiger partial charge in [-0.25, -0.2) is 4.79 Å². The maximum absolute atomic E-state index is 11.6. The van der Waals surface area contributed by atoms with Gasteiger partial charge in [-0.3, -0.25) is 5.32 Å². The summed E-state index contributed by atoms with van der Waals surface area (Å²) >= 11 is 13.0.